The van der Waals surface area contributed by atoms with Crippen molar-refractivity contribution in [2.75, 3.05) is 0 Å². The van der Waals surface area contributed by atoms with Gasteiger partial charge in [-0.05, 0) is 42.7 Å². The lowest BCUT2D eigenvalue weighted by Crippen LogP contribution is -2.23. The molecule has 0 radical (unpaired) electrons. The van der Waals surface area contributed by atoms with Crippen LogP contribution in [0, 0.1) is 6.92 Å². The number of aryl methyl sites for hydroxylation is 2. The summed E-state index contributed by atoms with van der Waals surface area (Å²) in [5, 5.41) is 3.21. The van der Waals surface area contributed by atoms with Crippen LogP contribution < -0.4 is 5.32 Å². The largest absolute Gasteiger partial charge is 0.348 e. The lowest BCUT2D eigenvalue weighted by atomic mass is 10.1. The third-order valence-electron chi connectivity index (χ3n) is 3.06. The van der Waals surface area contributed by atoms with Crippen molar-refractivity contribution in [1.29, 1.82) is 0 Å². The number of halogens is 1. The molecular formula is C15H16ClN3O. The van der Waals surface area contributed by atoms with Crippen molar-refractivity contribution in [2.45, 2.75) is 26.8 Å². The number of nitrogens with zero attached hydrogens (tertiary/aromatic N) is 2. The van der Waals surface area contributed by atoms with E-state index >= 15 is 0 Å². The van der Waals surface area contributed by atoms with E-state index in [1.54, 1.807) is 24.5 Å². The molecule has 1 N–H and O–H groups in total. The smallest absolute Gasteiger partial charge is 0.251 e. The second kappa shape index (κ2) is 6.48. The molecule has 2 rings (SSSR count). The van der Waals surface area contributed by atoms with Crippen LogP contribution in [0.3, 0.4) is 0 Å². The molecule has 0 aliphatic rings. The number of nitrogens with one attached hydrogen (secondary N) is 1. The summed E-state index contributed by atoms with van der Waals surface area (Å²) in [6.45, 7) is 4.40. The highest BCUT2D eigenvalue weighted by molar-refractivity contribution is 6.29. The molecule has 1 amide bonds. The van der Waals surface area contributed by atoms with Gasteiger partial charge in [0.05, 0.1) is 0 Å². The van der Waals surface area contributed by atoms with Gasteiger partial charge in [0.1, 0.15) is 5.15 Å². The van der Waals surface area contributed by atoms with Crippen molar-refractivity contribution in [3.63, 3.8) is 0 Å². The Morgan fingerprint density at radius 1 is 1.40 bits per heavy atom. The van der Waals surface area contributed by atoms with E-state index in [2.05, 4.69) is 15.3 Å². The maximum atomic E-state index is 12.1. The predicted octanol–water partition coefficient (Wildman–Crippen LogP) is 2.93. The number of aromatic nitrogens is 2. The Bertz CT molecular complexity index is 628. The second-order valence-corrected chi connectivity index (χ2v) is 4.90. The van der Waals surface area contributed by atoms with Gasteiger partial charge in [0.2, 0.25) is 0 Å². The van der Waals surface area contributed by atoms with Gasteiger partial charge in [-0.1, -0.05) is 18.5 Å². The lowest BCUT2D eigenvalue weighted by molar-refractivity contribution is 0.0950. The van der Waals surface area contributed by atoms with Crippen molar-refractivity contribution in [3.05, 3.63) is 58.1 Å². The Balaban J connectivity index is 2.09. The first-order chi connectivity index (χ1) is 9.60. The van der Waals surface area contributed by atoms with Crippen LogP contribution in [-0.2, 0) is 13.0 Å². The van der Waals surface area contributed by atoms with Gasteiger partial charge in [-0.3, -0.25) is 9.78 Å². The van der Waals surface area contributed by atoms with Gasteiger partial charge in [0.15, 0.2) is 0 Å². The van der Waals surface area contributed by atoms with E-state index in [0.717, 1.165) is 23.2 Å². The summed E-state index contributed by atoms with van der Waals surface area (Å²) in [6, 6.07) is 5.25. The molecule has 0 aromatic carbocycles. The SMILES string of the molecule is CCc1cc(C(=O)NCc2cnccc2C)cc(Cl)n1. The molecule has 2 heterocycles. The molecule has 0 bridgehead atoms. The van der Waals surface area contributed by atoms with Gasteiger partial charge in [-0.15, -0.1) is 0 Å². The van der Waals surface area contributed by atoms with Crippen molar-refractivity contribution >= 4 is 17.5 Å². The minimum absolute atomic E-state index is 0.160. The van der Waals surface area contributed by atoms with Gasteiger partial charge in [0.25, 0.3) is 5.91 Å². The summed E-state index contributed by atoms with van der Waals surface area (Å²) in [5.41, 5.74) is 3.43. The quantitative estimate of drug-likeness (QED) is 0.881. The Hall–Kier alpha value is -1.94. The van der Waals surface area contributed by atoms with Crippen LogP contribution in [0.25, 0.3) is 0 Å². The van der Waals surface area contributed by atoms with Crippen molar-refractivity contribution in [1.82, 2.24) is 15.3 Å². The van der Waals surface area contributed by atoms with Crippen LogP contribution in [-0.4, -0.2) is 15.9 Å². The summed E-state index contributed by atoms with van der Waals surface area (Å²) in [5.74, 6) is -0.160. The summed E-state index contributed by atoms with van der Waals surface area (Å²) >= 11 is 5.91. The first kappa shape index (κ1) is 14.5. The monoisotopic (exact) mass is 289 g/mol. The van der Waals surface area contributed by atoms with E-state index in [-0.39, 0.29) is 5.91 Å². The predicted molar refractivity (Wildman–Crippen MR) is 78.8 cm³/mol. The molecule has 104 valence electrons. The molecule has 2 aromatic rings. The molecule has 2 aromatic heterocycles. The number of hydrogen-bond acceptors (Lipinski definition) is 3. The fourth-order valence-electron chi connectivity index (χ4n) is 1.82. The lowest BCUT2D eigenvalue weighted by Gasteiger charge is -2.08. The Morgan fingerprint density at radius 3 is 2.90 bits per heavy atom. The van der Waals surface area contributed by atoms with Crippen molar-refractivity contribution in [2.24, 2.45) is 0 Å². The molecule has 0 saturated heterocycles. The van der Waals surface area contributed by atoms with E-state index < -0.39 is 0 Å². The van der Waals surface area contributed by atoms with Crippen molar-refractivity contribution < 1.29 is 4.79 Å². The minimum atomic E-state index is -0.160. The van der Waals surface area contributed by atoms with Crippen molar-refractivity contribution in [3.8, 4) is 0 Å². The Morgan fingerprint density at radius 2 is 2.20 bits per heavy atom. The van der Waals surface area contributed by atoms with E-state index in [1.807, 2.05) is 19.9 Å². The number of rotatable bonds is 4. The zero-order valence-corrected chi connectivity index (χ0v) is 12.2. The second-order valence-electron chi connectivity index (χ2n) is 4.51. The van der Waals surface area contributed by atoms with E-state index in [0.29, 0.717) is 17.3 Å². The highest BCUT2D eigenvalue weighted by Crippen LogP contribution is 2.12. The van der Waals surface area contributed by atoms with Gasteiger partial charge < -0.3 is 5.32 Å². The van der Waals surface area contributed by atoms with E-state index in [4.69, 9.17) is 11.6 Å². The topological polar surface area (TPSA) is 54.9 Å². The average molecular weight is 290 g/mol. The molecule has 0 spiro atoms. The molecule has 0 fully saturated rings. The summed E-state index contributed by atoms with van der Waals surface area (Å²) in [7, 11) is 0. The van der Waals surface area contributed by atoms with Gasteiger partial charge in [0, 0.05) is 30.2 Å². The molecule has 0 saturated carbocycles. The first-order valence-electron chi connectivity index (χ1n) is 6.44. The van der Waals surface area contributed by atoms with Crippen LogP contribution in [0.2, 0.25) is 5.15 Å². The normalized spacial score (nSPS) is 10.3. The molecule has 4 nitrogen and oxygen atoms in total. The van der Waals surface area contributed by atoms with Gasteiger partial charge in [-0.25, -0.2) is 4.98 Å². The van der Waals surface area contributed by atoms with Crippen LogP contribution in [0.1, 0.15) is 34.1 Å². The molecule has 20 heavy (non-hydrogen) atoms. The molecule has 0 atom stereocenters. The summed E-state index contributed by atoms with van der Waals surface area (Å²) < 4.78 is 0. The number of carbonyl (C=O) groups is 1. The number of pyridine rings is 2. The fourth-order valence-corrected chi connectivity index (χ4v) is 2.05. The highest BCUT2D eigenvalue weighted by atomic mass is 35.5. The molecular weight excluding hydrogens is 274 g/mol. The standard InChI is InChI=1S/C15H16ClN3O/c1-3-13-6-11(7-14(16)19-13)15(20)18-9-12-8-17-5-4-10(12)2/h4-8H,3,9H2,1-2H3,(H,18,20). The highest BCUT2D eigenvalue weighted by Gasteiger charge is 2.09. The van der Waals surface area contributed by atoms with Gasteiger partial charge in [-0.2, -0.15) is 0 Å². The maximum Gasteiger partial charge on any atom is 0.251 e. The Kier molecular flexibility index (Phi) is 4.69. The van der Waals surface area contributed by atoms with Gasteiger partial charge >= 0.3 is 0 Å². The average Bonchev–Trinajstić information content (AvgIpc) is 2.45. The fraction of sp³-hybridized carbons (Fsp3) is 0.267. The Labute approximate surface area is 123 Å². The van der Waals surface area contributed by atoms with Crippen LogP contribution in [0.5, 0.6) is 0 Å². The third-order valence-corrected chi connectivity index (χ3v) is 3.25. The zero-order valence-electron chi connectivity index (χ0n) is 11.5. The third kappa shape index (κ3) is 3.54. The zero-order chi connectivity index (χ0) is 14.5. The molecule has 0 aliphatic heterocycles. The van der Waals surface area contributed by atoms with Crippen LogP contribution >= 0.6 is 11.6 Å². The minimum Gasteiger partial charge on any atom is -0.348 e. The summed E-state index contributed by atoms with van der Waals surface area (Å²) in [4.78, 5) is 20.3. The molecule has 5 heteroatoms. The summed E-state index contributed by atoms with van der Waals surface area (Å²) in [6.07, 6.45) is 4.23. The number of carbonyl (C=O) groups excluding carboxylic acids is 1. The number of hydrogen-bond donors (Lipinski definition) is 1. The molecule has 0 unspecified atom stereocenters. The van der Waals surface area contributed by atoms with E-state index in [9.17, 15) is 4.79 Å². The first-order valence-corrected chi connectivity index (χ1v) is 6.82. The van der Waals surface area contributed by atoms with Crippen LogP contribution in [0.4, 0.5) is 0 Å². The van der Waals surface area contributed by atoms with Crippen LogP contribution in [0.15, 0.2) is 30.6 Å². The maximum absolute atomic E-state index is 12.1. The molecule has 0 aliphatic carbocycles. The van der Waals surface area contributed by atoms with E-state index in [1.165, 1.54) is 0 Å². The number of amides is 1.